The van der Waals surface area contributed by atoms with E-state index in [9.17, 15) is 14.0 Å². The topological polar surface area (TPSA) is 70.5 Å². The molecule has 0 spiro atoms. The molecule has 7 nitrogen and oxygen atoms in total. The minimum atomic E-state index is -0.371. The van der Waals surface area contributed by atoms with Gasteiger partial charge in [-0.3, -0.25) is 14.3 Å². The highest BCUT2D eigenvalue weighted by Crippen LogP contribution is 2.21. The SMILES string of the molecule is O=C(Nc1cnn(CCN2CCCCC2)c1)C1CCCN(C(=O)c2ccc(F)cc2)C1. The summed E-state index contributed by atoms with van der Waals surface area (Å²) in [6, 6.07) is 5.54. The molecular weight excluding hydrogens is 397 g/mol. The molecule has 31 heavy (non-hydrogen) atoms. The second-order valence-electron chi connectivity index (χ2n) is 8.48. The number of anilines is 1. The van der Waals surface area contributed by atoms with Gasteiger partial charge in [0, 0.05) is 31.4 Å². The Morgan fingerprint density at radius 1 is 1.03 bits per heavy atom. The number of nitrogens with zero attached hydrogens (tertiary/aromatic N) is 4. The molecule has 1 aromatic heterocycles. The molecule has 1 atom stereocenters. The number of rotatable bonds is 6. The van der Waals surface area contributed by atoms with Crippen LogP contribution in [0.15, 0.2) is 36.7 Å². The van der Waals surface area contributed by atoms with Gasteiger partial charge in [-0.1, -0.05) is 6.42 Å². The molecule has 2 aliphatic rings. The maximum absolute atomic E-state index is 13.1. The highest BCUT2D eigenvalue weighted by atomic mass is 19.1. The molecule has 1 aromatic carbocycles. The number of halogens is 1. The zero-order chi connectivity index (χ0) is 21.6. The number of likely N-dealkylation sites (tertiary alicyclic amines) is 2. The third-order valence-electron chi connectivity index (χ3n) is 6.17. The van der Waals surface area contributed by atoms with E-state index in [-0.39, 0.29) is 23.5 Å². The van der Waals surface area contributed by atoms with Crippen molar-refractivity contribution in [3.63, 3.8) is 0 Å². The molecule has 0 aliphatic carbocycles. The molecule has 2 aliphatic heterocycles. The average Bonchev–Trinajstić information content (AvgIpc) is 3.26. The van der Waals surface area contributed by atoms with Gasteiger partial charge in [-0.05, 0) is 63.0 Å². The van der Waals surface area contributed by atoms with E-state index in [1.54, 1.807) is 11.1 Å². The van der Waals surface area contributed by atoms with Crippen LogP contribution >= 0.6 is 0 Å². The van der Waals surface area contributed by atoms with E-state index in [0.29, 0.717) is 24.3 Å². The third-order valence-corrected chi connectivity index (χ3v) is 6.17. The summed E-state index contributed by atoms with van der Waals surface area (Å²) in [4.78, 5) is 29.6. The molecule has 2 amide bonds. The summed E-state index contributed by atoms with van der Waals surface area (Å²) in [6.45, 7) is 5.05. The van der Waals surface area contributed by atoms with Crippen LogP contribution in [0.25, 0.3) is 0 Å². The Balaban J connectivity index is 1.28. The lowest BCUT2D eigenvalue weighted by Gasteiger charge is -2.32. The zero-order valence-corrected chi connectivity index (χ0v) is 17.8. The fourth-order valence-electron chi connectivity index (χ4n) is 4.37. The van der Waals surface area contributed by atoms with Gasteiger partial charge in [0.25, 0.3) is 5.91 Å². The maximum atomic E-state index is 13.1. The van der Waals surface area contributed by atoms with Crippen LogP contribution in [0.3, 0.4) is 0 Å². The van der Waals surface area contributed by atoms with E-state index in [1.807, 2.05) is 10.9 Å². The van der Waals surface area contributed by atoms with Gasteiger partial charge in [-0.2, -0.15) is 5.10 Å². The summed E-state index contributed by atoms with van der Waals surface area (Å²) >= 11 is 0. The molecule has 1 N–H and O–H groups in total. The van der Waals surface area contributed by atoms with E-state index in [1.165, 1.54) is 43.5 Å². The van der Waals surface area contributed by atoms with Crippen molar-refractivity contribution in [1.29, 1.82) is 0 Å². The molecule has 2 saturated heterocycles. The number of piperidine rings is 2. The summed E-state index contributed by atoms with van der Waals surface area (Å²) < 4.78 is 15.0. The second-order valence-corrected chi connectivity index (χ2v) is 8.48. The number of carbonyl (C=O) groups is 2. The van der Waals surface area contributed by atoms with Crippen molar-refractivity contribution in [1.82, 2.24) is 19.6 Å². The quantitative estimate of drug-likeness (QED) is 0.770. The van der Waals surface area contributed by atoms with Gasteiger partial charge in [-0.25, -0.2) is 4.39 Å². The standard InChI is InChI=1S/C23H30FN5O2/c24-20-8-6-18(7-9-20)23(31)28-12-4-5-19(16-28)22(30)26-21-15-25-29(17-21)14-13-27-10-2-1-3-11-27/h6-9,15,17,19H,1-5,10-14,16H2,(H,26,30). The molecule has 0 saturated carbocycles. The van der Waals surface area contributed by atoms with Gasteiger partial charge in [0.1, 0.15) is 5.82 Å². The van der Waals surface area contributed by atoms with E-state index >= 15 is 0 Å². The average molecular weight is 428 g/mol. The Bertz CT molecular complexity index is 892. The number of aromatic nitrogens is 2. The Hall–Kier alpha value is -2.74. The largest absolute Gasteiger partial charge is 0.338 e. The molecule has 166 valence electrons. The van der Waals surface area contributed by atoms with Crippen molar-refractivity contribution in [3.05, 3.63) is 48.0 Å². The fourth-order valence-corrected chi connectivity index (χ4v) is 4.37. The summed E-state index contributed by atoms with van der Waals surface area (Å²) in [7, 11) is 0. The van der Waals surface area contributed by atoms with Crippen LogP contribution in [-0.4, -0.2) is 64.1 Å². The Labute approximate surface area is 182 Å². The Kier molecular flexibility index (Phi) is 6.96. The van der Waals surface area contributed by atoms with Crippen molar-refractivity contribution in [2.24, 2.45) is 5.92 Å². The van der Waals surface area contributed by atoms with Crippen LogP contribution < -0.4 is 5.32 Å². The number of hydrogen-bond donors (Lipinski definition) is 1. The first-order valence-corrected chi connectivity index (χ1v) is 11.2. The van der Waals surface area contributed by atoms with Gasteiger partial charge < -0.3 is 15.1 Å². The minimum Gasteiger partial charge on any atom is -0.338 e. The summed E-state index contributed by atoms with van der Waals surface area (Å²) in [5.41, 5.74) is 1.13. The van der Waals surface area contributed by atoms with Crippen LogP contribution in [0.4, 0.5) is 10.1 Å². The van der Waals surface area contributed by atoms with Crippen molar-refractivity contribution < 1.29 is 14.0 Å². The monoisotopic (exact) mass is 427 g/mol. The first-order chi connectivity index (χ1) is 15.1. The number of carbonyl (C=O) groups excluding carboxylic acids is 2. The third kappa shape index (κ3) is 5.70. The molecule has 8 heteroatoms. The smallest absolute Gasteiger partial charge is 0.253 e. The summed E-state index contributed by atoms with van der Waals surface area (Å²) in [5, 5.41) is 7.32. The number of hydrogen-bond acceptors (Lipinski definition) is 4. The predicted molar refractivity (Wildman–Crippen MR) is 116 cm³/mol. The second kappa shape index (κ2) is 10.0. The molecule has 2 aromatic rings. The van der Waals surface area contributed by atoms with Crippen LogP contribution in [0.1, 0.15) is 42.5 Å². The van der Waals surface area contributed by atoms with Crippen LogP contribution in [0.5, 0.6) is 0 Å². The molecule has 0 radical (unpaired) electrons. The first kappa shape index (κ1) is 21.5. The van der Waals surface area contributed by atoms with Crippen LogP contribution in [0.2, 0.25) is 0 Å². The molecule has 4 rings (SSSR count). The normalized spacial score (nSPS) is 19.9. The van der Waals surface area contributed by atoms with Crippen molar-refractivity contribution >= 4 is 17.5 Å². The Morgan fingerprint density at radius 3 is 2.58 bits per heavy atom. The number of amides is 2. The van der Waals surface area contributed by atoms with Crippen LogP contribution in [0, 0.1) is 11.7 Å². The minimum absolute atomic E-state index is 0.0906. The fraction of sp³-hybridized carbons (Fsp3) is 0.522. The molecule has 0 bridgehead atoms. The lowest BCUT2D eigenvalue weighted by atomic mass is 9.96. The van der Waals surface area contributed by atoms with Gasteiger partial charge in [0.05, 0.1) is 24.3 Å². The van der Waals surface area contributed by atoms with Gasteiger partial charge in [0.2, 0.25) is 5.91 Å². The lowest BCUT2D eigenvalue weighted by Crippen LogP contribution is -2.43. The van der Waals surface area contributed by atoms with Crippen molar-refractivity contribution in [2.75, 3.05) is 38.0 Å². The van der Waals surface area contributed by atoms with Gasteiger partial charge in [-0.15, -0.1) is 0 Å². The van der Waals surface area contributed by atoms with E-state index < -0.39 is 0 Å². The number of nitrogens with one attached hydrogen (secondary N) is 1. The van der Waals surface area contributed by atoms with E-state index in [4.69, 9.17) is 0 Å². The molecule has 2 fully saturated rings. The number of benzene rings is 1. The van der Waals surface area contributed by atoms with E-state index in [0.717, 1.165) is 39.0 Å². The molecule has 3 heterocycles. The highest BCUT2D eigenvalue weighted by molar-refractivity contribution is 5.96. The Morgan fingerprint density at radius 2 is 1.81 bits per heavy atom. The first-order valence-electron chi connectivity index (χ1n) is 11.2. The maximum Gasteiger partial charge on any atom is 0.253 e. The van der Waals surface area contributed by atoms with Crippen molar-refractivity contribution in [3.8, 4) is 0 Å². The molecular formula is C23H30FN5O2. The summed E-state index contributed by atoms with van der Waals surface area (Å²) in [6.07, 6.45) is 8.90. The van der Waals surface area contributed by atoms with Gasteiger partial charge in [0.15, 0.2) is 0 Å². The van der Waals surface area contributed by atoms with Crippen LogP contribution in [-0.2, 0) is 11.3 Å². The molecule has 1 unspecified atom stereocenters. The predicted octanol–water partition coefficient (Wildman–Crippen LogP) is 3.00. The van der Waals surface area contributed by atoms with Gasteiger partial charge >= 0.3 is 0 Å². The lowest BCUT2D eigenvalue weighted by molar-refractivity contribution is -0.121. The zero-order valence-electron chi connectivity index (χ0n) is 17.8. The van der Waals surface area contributed by atoms with E-state index in [2.05, 4.69) is 15.3 Å². The summed E-state index contributed by atoms with van der Waals surface area (Å²) in [5.74, 6) is -0.894. The highest BCUT2D eigenvalue weighted by Gasteiger charge is 2.29. The van der Waals surface area contributed by atoms with Crippen molar-refractivity contribution in [2.45, 2.75) is 38.6 Å².